The highest BCUT2D eigenvalue weighted by molar-refractivity contribution is 5.97. The minimum Gasteiger partial charge on any atom is -0.348 e. The number of benzene rings is 2. The Morgan fingerprint density at radius 1 is 0.897 bits per heavy atom. The van der Waals surface area contributed by atoms with Crippen molar-refractivity contribution in [3.8, 4) is 0 Å². The van der Waals surface area contributed by atoms with Gasteiger partial charge < -0.3 is 10.6 Å². The van der Waals surface area contributed by atoms with Crippen molar-refractivity contribution >= 4 is 17.5 Å². The number of hydrogen-bond acceptors (Lipinski definition) is 2. The van der Waals surface area contributed by atoms with Crippen molar-refractivity contribution in [2.45, 2.75) is 32.7 Å². The zero-order valence-corrected chi connectivity index (χ0v) is 15.3. The number of amides is 2. The van der Waals surface area contributed by atoms with E-state index in [9.17, 15) is 35.9 Å². The van der Waals surface area contributed by atoms with Crippen LogP contribution in [0.4, 0.5) is 32.0 Å². The maximum absolute atomic E-state index is 12.9. The van der Waals surface area contributed by atoms with E-state index in [0.29, 0.717) is 23.4 Å². The molecule has 0 aliphatic rings. The van der Waals surface area contributed by atoms with Gasteiger partial charge in [-0.1, -0.05) is 6.07 Å². The molecule has 2 N–H and O–H groups in total. The summed E-state index contributed by atoms with van der Waals surface area (Å²) in [5.74, 6) is -1.09. The molecule has 0 unspecified atom stereocenters. The van der Waals surface area contributed by atoms with Crippen LogP contribution in [-0.2, 0) is 23.7 Å². The molecule has 2 aromatic carbocycles. The van der Waals surface area contributed by atoms with E-state index in [0.717, 1.165) is 0 Å². The molecule has 4 nitrogen and oxygen atoms in total. The first-order valence-corrected chi connectivity index (χ1v) is 8.22. The summed E-state index contributed by atoms with van der Waals surface area (Å²) in [6.07, 6.45) is -9.94. The van der Waals surface area contributed by atoms with Crippen LogP contribution >= 0.6 is 0 Å². The van der Waals surface area contributed by atoms with Gasteiger partial charge in [0.1, 0.15) is 0 Å². The van der Waals surface area contributed by atoms with Gasteiger partial charge in [-0.2, -0.15) is 26.3 Å². The summed E-state index contributed by atoms with van der Waals surface area (Å²) in [7, 11) is 0. The number of anilines is 1. The highest BCUT2D eigenvalue weighted by atomic mass is 19.4. The predicted octanol–water partition coefficient (Wildman–Crippen LogP) is 4.92. The molecule has 0 atom stereocenters. The summed E-state index contributed by atoms with van der Waals surface area (Å²) >= 11 is 0. The Morgan fingerprint density at radius 2 is 1.45 bits per heavy atom. The van der Waals surface area contributed by atoms with Crippen molar-refractivity contribution in [3.63, 3.8) is 0 Å². The van der Waals surface area contributed by atoms with Gasteiger partial charge >= 0.3 is 12.4 Å². The zero-order valence-electron chi connectivity index (χ0n) is 15.3. The average molecular weight is 418 g/mol. The Labute approximate surface area is 161 Å². The van der Waals surface area contributed by atoms with Crippen molar-refractivity contribution in [1.82, 2.24) is 5.32 Å². The molecule has 0 fully saturated rings. The number of aryl methyl sites for hydroxylation is 1. The summed E-state index contributed by atoms with van der Waals surface area (Å²) in [5, 5.41) is 4.81. The SMILES string of the molecule is CC(=O)Nc1cc(C(=O)NCc2cc(C(F)(F)F)cc(C(F)(F)F)c2)ccc1C. The summed E-state index contributed by atoms with van der Waals surface area (Å²) in [4.78, 5) is 23.5. The van der Waals surface area contributed by atoms with Gasteiger partial charge in [-0.3, -0.25) is 9.59 Å². The van der Waals surface area contributed by atoms with E-state index >= 15 is 0 Å². The van der Waals surface area contributed by atoms with Crippen LogP contribution in [0.2, 0.25) is 0 Å². The number of carbonyl (C=O) groups excluding carboxylic acids is 2. The van der Waals surface area contributed by atoms with E-state index in [4.69, 9.17) is 0 Å². The fourth-order valence-corrected chi connectivity index (χ4v) is 2.49. The molecule has 0 spiro atoms. The summed E-state index contributed by atoms with van der Waals surface area (Å²) in [6.45, 7) is 2.42. The summed E-state index contributed by atoms with van der Waals surface area (Å²) in [5.41, 5.74) is -2.15. The normalized spacial score (nSPS) is 11.9. The monoisotopic (exact) mass is 418 g/mol. The molecule has 156 valence electrons. The van der Waals surface area contributed by atoms with E-state index in [-0.39, 0.29) is 23.1 Å². The molecule has 2 aromatic rings. The van der Waals surface area contributed by atoms with Crippen LogP contribution in [0, 0.1) is 6.92 Å². The molecule has 0 saturated heterocycles. The lowest BCUT2D eigenvalue weighted by molar-refractivity contribution is -0.143. The van der Waals surface area contributed by atoms with Crippen molar-refractivity contribution < 1.29 is 35.9 Å². The first-order valence-electron chi connectivity index (χ1n) is 8.22. The van der Waals surface area contributed by atoms with Gasteiger partial charge in [-0.15, -0.1) is 0 Å². The van der Waals surface area contributed by atoms with Crippen molar-refractivity contribution in [2.24, 2.45) is 0 Å². The molecule has 0 radical (unpaired) electrons. The van der Waals surface area contributed by atoms with Crippen molar-refractivity contribution in [2.75, 3.05) is 5.32 Å². The molecule has 0 aromatic heterocycles. The molecule has 2 amide bonds. The van der Waals surface area contributed by atoms with Crippen LogP contribution in [0.15, 0.2) is 36.4 Å². The standard InChI is InChI=1S/C19H16F6N2O2/c1-10-3-4-13(7-16(10)27-11(2)28)17(29)26-9-12-5-14(18(20,21)22)8-15(6-12)19(23,24)25/h3-8H,9H2,1-2H3,(H,26,29)(H,27,28). The smallest absolute Gasteiger partial charge is 0.348 e. The van der Waals surface area contributed by atoms with E-state index in [2.05, 4.69) is 10.6 Å². The Kier molecular flexibility index (Phi) is 6.24. The lowest BCUT2D eigenvalue weighted by Gasteiger charge is -2.15. The van der Waals surface area contributed by atoms with Crippen molar-refractivity contribution in [1.29, 1.82) is 0 Å². The van der Waals surface area contributed by atoms with Crippen LogP contribution in [0.25, 0.3) is 0 Å². The molecule has 0 aliphatic heterocycles. The molecule has 0 aliphatic carbocycles. The second-order valence-electron chi connectivity index (χ2n) is 6.31. The van der Waals surface area contributed by atoms with Gasteiger partial charge in [-0.05, 0) is 48.4 Å². The Bertz CT molecular complexity index is 903. The lowest BCUT2D eigenvalue weighted by atomic mass is 10.0. The summed E-state index contributed by atoms with van der Waals surface area (Å²) in [6, 6.07) is 5.45. The largest absolute Gasteiger partial charge is 0.416 e. The predicted molar refractivity (Wildman–Crippen MR) is 93.1 cm³/mol. The summed E-state index contributed by atoms with van der Waals surface area (Å²) < 4.78 is 77.4. The van der Waals surface area contributed by atoms with E-state index < -0.39 is 35.9 Å². The maximum atomic E-state index is 12.9. The zero-order chi connectivity index (χ0) is 22.0. The molecule has 0 saturated carbocycles. The third-order valence-corrected chi connectivity index (χ3v) is 3.91. The Morgan fingerprint density at radius 3 is 1.93 bits per heavy atom. The minimum absolute atomic E-state index is 0.0188. The van der Waals surface area contributed by atoms with Gasteiger partial charge in [0, 0.05) is 24.7 Å². The van der Waals surface area contributed by atoms with E-state index in [1.165, 1.54) is 19.1 Å². The van der Waals surface area contributed by atoms with Crippen LogP contribution in [0.5, 0.6) is 0 Å². The van der Waals surface area contributed by atoms with Crippen LogP contribution in [0.1, 0.15) is 39.5 Å². The molecule has 0 bridgehead atoms. The highest BCUT2D eigenvalue weighted by Gasteiger charge is 2.36. The first kappa shape index (κ1) is 22.3. The number of alkyl halides is 6. The van der Waals surface area contributed by atoms with Crippen LogP contribution in [-0.4, -0.2) is 11.8 Å². The molecule has 0 heterocycles. The Balaban J connectivity index is 2.25. The molecular formula is C19H16F6N2O2. The maximum Gasteiger partial charge on any atom is 0.416 e. The number of carbonyl (C=O) groups is 2. The van der Waals surface area contributed by atoms with E-state index in [1.54, 1.807) is 13.0 Å². The Hall–Kier alpha value is -3.04. The second-order valence-corrected chi connectivity index (χ2v) is 6.31. The van der Waals surface area contributed by atoms with Crippen molar-refractivity contribution in [3.05, 3.63) is 64.2 Å². The molecular weight excluding hydrogens is 402 g/mol. The van der Waals surface area contributed by atoms with Gasteiger partial charge in [0.2, 0.25) is 5.91 Å². The number of rotatable bonds is 4. The van der Waals surface area contributed by atoms with Crippen LogP contribution < -0.4 is 10.6 Å². The lowest BCUT2D eigenvalue weighted by Crippen LogP contribution is -2.24. The van der Waals surface area contributed by atoms with E-state index in [1.807, 2.05) is 0 Å². The number of halogens is 6. The molecule has 2 rings (SSSR count). The third kappa shape index (κ3) is 5.97. The van der Waals surface area contributed by atoms with Gasteiger partial charge in [-0.25, -0.2) is 0 Å². The van der Waals surface area contributed by atoms with Gasteiger partial charge in [0.25, 0.3) is 5.91 Å². The number of hydrogen-bond donors (Lipinski definition) is 2. The topological polar surface area (TPSA) is 58.2 Å². The quantitative estimate of drug-likeness (QED) is 0.693. The second kappa shape index (κ2) is 8.14. The van der Waals surface area contributed by atoms with Crippen LogP contribution in [0.3, 0.4) is 0 Å². The van der Waals surface area contributed by atoms with Gasteiger partial charge in [0.05, 0.1) is 11.1 Å². The highest BCUT2D eigenvalue weighted by Crippen LogP contribution is 2.36. The molecule has 29 heavy (non-hydrogen) atoms. The first-order chi connectivity index (χ1) is 13.3. The number of nitrogens with one attached hydrogen (secondary N) is 2. The minimum atomic E-state index is -4.97. The van der Waals surface area contributed by atoms with Gasteiger partial charge in [0.15, 0.2) is 0 Å². The third-order valence-electron chi connectivity index (χ3n) is 3.91. The fourth-order valence-electron chi connectivity index (χ4n) is 2.49. The average Bonchev–Trinajstić information content (AvgIpc) is 2.59. The molecule has 10 heteroatoms. The fraction of sp³-hybridized carbons (Fsp3) is 0.263.